The van der Waals surface area contributed by atoms with Gasteiger partial charge in [0.1, 0.15) is 0 Å². The van der Waals surface area contributed by atoms with Crippen molar-refractivity contribution in [2.75, 3.05) is 5.32 Å². The fourth-order valence-electron chi connectivity index (χ4n) is 2.41. The van der Waals surface area contributed by atoms with E-state index in [-0.39, 0.29) is 24.1 Å². The molecule has 1 amide bonds. The topological polar surface area (TPSA) is 115 Å². The van der Waals surface area contributed by atoms with E-state index in [1.54, 1.807) is 24.3 Å². The average Bonchev–Trinajstić information content (AvgIpc) is 2.78. The number of amides is 1. The Hall–Kier alpha value is -1.15. The first-order valence-corrected chi connectivity index (χ1v) is 8.20. The number of hydrogen-bond acceptors (Lipinski definition) is 4. The summed E-state index contributed by atoms with van der Waals surface area (Å²) in [5.74, 6) is -0.406. The molecule has 8 heteroatoms. The Bertz CT molecular complexity index is 596. The minimum absolute atomic E-state index is 0. The number of anilines is 1. The molecule has 6 nitrogen and oxygen atoms in total. The van der Waals surface area contributed by atoms with E-state index in [0.717, 1.165) is 12.8 Å². The molecule has 0 spiro atoms. The van der Waals surface area contributed by atoms with Crippen molar-refractivity contribution in [2.24, 2.45) is 10.9 Å². The Morgan fingerprint density at radius 2 is 1.71 bits per heavy atom. The molecule has 5 N–H and O–H groups in total. The molecule has 0 saturated heterocycles. The highest BCUT2D eigenvalue weighted by molar-refractivity contribution is 7.88. The molecule has 0 bridgehead atoms. The lowest BCUT2D eigenvalue weighted by atomic mass is 9.98. The number of benzene rings is 1. The van der Waals surface area contributed by atoms with Gasteiger partial charge in [-0.05, 0) is 30.5 Å². The van der Waals surface area contributed by atoms with Crippen LogP contribution in [0.5, 0.6) is 0 Å². The minimum atomic E-state index is -3.54. The van der Waals surface area contributed by atoms with Crippen molar-refractivity contribution in [1.29, 1.82) is 0 Å². The van der Waals surface area contributed by atoms with E-state index in [9.17, 15) is 13.2 Å². The van der Waals surface area contributed by atoms with Crippen molar-refractivity contribution < 1.29 is 13.2 Å². The van der Waals surface area contributed by atoms with Gasteiger partial charge in [0.05, 0.1) is 11.3 Å². The van der Waals surface area contributed by atoms with Crippen LogP contribution in [0.4, 0.5) is 5.69 Å². The predicted molar refractivity (Wildman–Crippen MR) is 84.5 cm³/mol. The largest absolute Gasteiger partial charge is 0.324 e. The zero-order valence-corrected chi connectivity index (χ0v) is 13.2. The van der Waals surface area contributed by atoms with Crippen molar-refractivity contribution in [2.45, 2.75) is 37.0 Å². The molecule has 21 heavy (non-hydrogen) atoms. The van der Waals surface area contributed by atoms with Crippen molar-refractivity contribution in [3.63, 3.8) is 0 Å². The van der Waals surface area contributed by atoms with Gasteiger partial charge in [-0.15, -0.1) is 12.4 Å². The molecule has 0 aliphatic heterocycles. The Balaban J connectivity index is 0.00000220. The maximum absolute atomic E-state index is 12.1. The lowest BCUT2D eigenvalue weighted by Gasteiger charge is -2.22. The zero-order valence-electron chi connectivity index (χ0n) is 11.5. The molecule has 1 aromatic carbocycles. The fraction of sp³-hybridized carbons (Fsp3) is 0.462. The molecule has 1 aliphatic carbocycles. The van der Waals surface area contributed by atoms with Crippen molar-refractivity contribution >= 4 is 34.0 Å². The third kappa shape index (κ3) is 4.96. The van der Waals surface area contributed by atoms with E-state index in [4.69, 9.17) is 10.9 Å². The summed E-state index contributed by atoms with van der Waals surface area (Å²) in [6.07, 6.45) is 3.33. The molecular formula is C13H20ClN3O3S. The van der Waals surface area contributed by atoms with Gasteiger partial charge >= 0.3 is 0 Å². The standard InChI is InChI=1S/C13H19N3O3S.ClH/c14-13(7-1-2-8-13)12(17)16-11-5-3-10(4-6-11)9-20(15,18)19;/h3-6H,1-2,7-9,14H2,(H,16,17)(H2,15,18,19);1H. The van der Waals surface area contributed by atoms with Gasteiger partial charge < -0.3 is 11.1 Å². The molecule has 0 aromatic heterocycles. The molecule has 1 fully saturated rings. The van der Waals surface area contributed by atoms with E-state index >= 15 is 0 Å². The normalized spacial score (nSPS) is 17.0. The third-order valence-corrected chi connectivity index (χ3v) is 4.26. The van der Waals surface area contributed by atoms with Gasteiger partial charge in [-0.1, -0.05) is 25.0 Å². The molecular weight excluding hydrogens is 314 g/mol. The molecule has 1 aliphatic rings. The first-order valence-electron chi connectivity index (χ1n) is 6.48. The van der Waals surface area contributed by atoms with Crippen LogP contribution in [0, 0.1) is 0 Å². The smallest absolute Gasteiger partial charge is 0.244 e. The van der Waals surface area contributed by atoms with Crippen LogP contribution >= 0.6 is 12.4 Å². The van der Waals surface area contributed by atoms with Crippen LogP contribution in [0.2, 0.25) is 0 Å². The van der Waals surface area contributed by atoms with Crippen LogP contribution < -0.4 is 16.2 Å². The van der Waals surface area contributed by atoms with E-state index in [1.807, 2.05) is 0 Å². The second-order valence-electron chi connectivity index (χ2n) is 5.32. The highest BCUT2D eigenvalue weighted by Gasteiger charge is 2.36. The summed E-state index contributed by atoms with van der Waals surface area (Å²) < 4.78 is 21.9. The molecule has 2 rings (SSSR count). The van der Waals surface area contributed by atoms with Gasteiger partial charge in [0.15, 0.2) is 0 Å². The summed E-state index contributed by atoms with van der Waals surface area (Å²) in [7, 11) is -3.54. The van der Waals surface area contributed by atoms with E-state index in [1.165, 1.54) is 0 Å². The number of halogens is 1. The van der Waals surface area contributed by atoms with Gasteiger partial charge in [-0.25, -0.2) is 13.6 Å². The number of nitrogens with two attached hydrogens (primary N) is 2. The maximum Gasteiger partial charge on any atom is 0.244 e. The number of rotatable bonds is 4. The Labute approximate surface area is 130 Å². The predicted octanol–water partition coefficient (Wildman–Crippen LogP) is 1.11. The van der Waals surface area contributed by atoms with Crippen LogP contribution in [-0.4, -0.2) is 19.9 Å². The highest BCUT2D eigenvalue weighted by Crippen LogP contribution is 2.28. The quantitative estimate of drug-likeness (QED) is 0.765. The van der Waals surface area contributed by atoms with E-state index in [2.05, 4.69) is 5.32 Å². The summed E-state index contributed by atoms with van der Waals surface area (Å²) in [5, 5.41) is 7.74. The number of carbonyl (C=O) groups excluding carboxylic acids is 1. The number of sulfonamides is 1. The van der Waals surface area contributed by atoms with Crippen LogP contribution in [0.25, 0.3) is 0 Å². The second kappa shape index (κ2) is 6.74. The first-order chi connectivity index (χ1) is 9.28. The Morgan fingerprint density at radius 1 is 1.19 bits per heavy atom. The third-order valence-electron chi connectivity index (χ3n) is 3.53. The lowest BCUT2D eigenvalue weighted by molar-refractivity contribution is -0.121. The van der Waals surface area contributed by atoms with Crippen molar-refractivity contribution in [1.82, 2.24) is 0 Å². The van der Waals surface area contributed by atoms with Crippen LogP contribution in [0.3, 0.4) is 0 Å². The van der Waals surface area contributed by atoms with Crippen LogP contribution in [-0.2, 0) is 20.6 Å². The van der Waals surface area contributed by atoms with Crippen LogP contribution in [0.1, 0.15) is 31.2 Å². The molecule has 1 saturated carbocycles. The van der Waals surface area contributed by atoms with Gasteiger partial charge in [0, 0.05) is 5.69 Å². The van der Waals surface area contributed by atoms with Crippen molar-refractivity contribution in [3.8, 4) is 0 Å². The van der Waals surface area contributed by atoms with E-state index < -0.39 is 15.6 Å². The van der Waals surface area contributed by atoms with E-state index in [0.29, 0.717) is 24.1 Å². The number of carbonyl (C=O) groups is 1. The molecule has 0 atom stereocenters. The SMILES string of the molecule is Cl.NC1(C(=O)Nc2ccc(CS(N)(=O)=O)cc2)CCCC1. The fourth-order valence-corrected chi connectivity index (χ4v) is 3.06. The number of nitrogens with one attached hydrogen (secondary N) is 1. The highest BCUT2D eigenvalue weighted by atomic mass is 35.5. The number of primary sulfonamides is 1. The summed E-state index contributed by atoms with van der Waals surface area (Å²) >= 11 is 0. The minimum Gasteiger partial charge on any atom is -0.324 e. The maximum atomic E-state index is 12.1. The summed E-state index contributed by atoms with van der Waals surface area (Å²) in [5.41, 5.74) is 6.46. The van der Waals surface area contributed by atoms with Gasteiger partial charge in [0.2, 0.25) is 15.9 Å². The second-order valence-corrected chi connectivity index (χ2v) is 6.94. The molecule has 1 aromatic rings. The van der Waals surface area contributed by atoms with Crippen LogP contribution in [0.15, 0.2) is 24.3 Å². The molecule has 0 radical (unpaired) electrons. The molecule has 0 heterocycles. The molecule has 118 valence electrons. The van der Waals surface area contributed by atoms with Gasteiger partial charge in [0.25, 0.3) is 0 Å². The molecule has 0 unspecified atom stereocenters. The zero-order chi connectivity index (χ0) is 14.8. The Kier molecular flexibility index (Phi) is 5.75. The summed E-state index contributed by atoms with van der Waals surface area (Å²) in [6.45, 7) is 0. The average molecular weight is 334 g/mol. The summed E-state index contributed by atoms with van der Waals surface area (Å²) in [6, 6.07) is 6.54. The monoisotopic (exact) mass is 333 g/mol. The summed E-state index contributed by atoms with van der Waals surface area (Å²) in [4.78, 5) is 12.1. The van der Waals surface area contributed by atoms with Gasteiger partial charge in [-0.3, -0.25) is 4.79 Å². The Morgan fingerprint density at radius 3 is 2.19 bits per heavy atom. The lowest BCUT2D eigenvalue weighted by Crippen LogP contribution is -2.48. The first kappa shape index (κ1) is 17.9. The number of hydrogen-bond donors (Lipinski definition) is 3. The van der Waals surface area contributed by atoms with Gasteiger partial charge in [-0.2, -0.15) is 0 Å². The van der Waals surface area contributed by atoms with Crippen molar-refractivity contribution in [3.05, 3.63) is 29.8 Å².